The van der Waals surface area contributed by atoms with Gasteiger partial charge in [-0.3, -0.25) is 4.79 Å². The van der Waals surface area contributed by atoms with Gasteiger partial charge in [0.1, 0.15) is 6.04 Å². The van der Waals surface area contributed by atoms with Crippen LogP contribution in [0.4, 0.5) is 5.69 Å². The smallest absolute Gasteiger partial charge is 0.242 e. The van der Waals surface area contributed by atoms with Crippen LogP contribution in [-0.2, 0) is 4.79 Å². The minimum absolute atomic E-state index is 0.00241. The summed E-state index contributed by atoms with van der Waals surface area (Å²) in [6.07, 6.45) is 0.893. The van der Waals surface area contributed by atoms with E-state index in [0.717, 1.165) is 18.7 Å². The predicted octanol–water partition coefficient (Wildman–Crippen LogP) is 3.01. The average molecular weight is 282 g/mol. The third-order valence-corrected chi connectivity index (χ3v) is 3.59. The van der Waals surface area contributed by atoms with Crippen LogP contribution in [0.15, 0.2) is 60.7 Å². The molecule has 110 valence electrons. The van der Waals surface area contributed by atoms with Gasteiger partial charge in [-0.15, -0.1) is 0 Å². The standard InChI is InChI=1S/C11H14N2O.C7H8/c1-13(9-5-3-2-4-6-9)10-7-8-12-11(10)14;1-7-5-3-2-4-6-7/h2-6,10H,7-8H2,1H3,(H,12,14);2-6H,1H3. The number of aryl methyl sites for hydroxylation is 1. The van der Waals surface area contributed by atoms with Crippen LogP contribution in [0.1, 0.15) is 12.0 Å². The molecule has 1 amide bonds. The molecule has 3 heteroatoms. The van der Waals surface area contributed by atoms with E-state index in [0.29, 0.717) is 0 Å². The van der Waals surface area contributed by atoms with Crippen molar-refractivity contribution >= 4 is 11.6 Å². The lowest BCUT2D eigenvalue weighted by Gasteiger charge is -2.24. The van der Waals surface area contributed by atoms with Crippen LogP contribution < -0.4 is 10.2 Å². The quantitative estimate of drug-likeness (QED) is 0.918. The average Bonchev–Trinajstić information content (AvgIpc) is 2.95. The van der Waals surface area contributed by atoms with Crippen LogP contribution in [0.3, 0.4) is 0 Å². The molecule has 1 saturated heterocycles. The number of hydrogen-bond donors (Lipinski definition) is 1. The van der Waals surface area contributed by atoms with E-state index in [-0.39, 0.29) is 11.9 Å². The minimum atomic E-state index is -0.00241. The van der Waals surface area contributed by atoms with Gasteiger partial charge in [-0.05, 0) is 25.5 Å². The summed E-state index contributed by atoms with van der Waals surface area (Å²) in [5.74, 6) is 0.136. The van der Waals surface area contributed by atoms with Crippen LogP contribution >= 0.6 is 0 Å². The van der Waals surface area contributed by atoms with Crippen LogP contribution in [0.2, 0.25) is 0 Å². The fourth-order valence-electron chi connectivity index (χ4n) is 2.33. The van der Waals surface area contributed by atoms with Gasteiger partial charge in [0.25, 0.3) is 0 Å². The first-order valence-electron chi connectivity index (χ1n) is 7.25. The summed E-state index contributed by atoms with van der Waals surface area (Å²) in [6, 6.07) is 20.2. The van der Waals surface area contributed by atoms with Crippen LogP contribution in [0, 0.1) is 6.92 Å². The van der Waals surface area contributed by atoms with Crippen molar-refractivity contribution in [3.05, 3.63) is 66.2 Å². The molecule has 0 spiro atoms. The topological polar surface area (TPSA) is 32.3 Å². The Morgan fingerprint density at radius 3 is 2.00 bits per heavy atom. The van der Waals surface area contributed by atoms with E-state index < -0.39 is 0 Å². The van der Waals surface area contributed by atoms with Gasteiger partial charge in [-0.2, -0.15) is 0 Å². The number of carbonyl (C=O) groups excluding carboxylic acids is 1. The van der Waals surface area contributed by atoms with Gasteiger partial charge in [0.2, 0.25) is 5.91 Å². The molecular formula is C18H22N2O. The number of benzene rings is 2. The number of nitrogens with zero attached hydrogens (tertiary/aromatic N) is 1. The van der Waals surface area contributed by atoms with Crippen molar-refractivity contribution in [1.29, 1.82) is 0 Å². The Kier molecular flexibility index (Phi) is 5.38. The van der Waals surface area contributed by atoms with Crippen molar-refractivity contribution in [2.45, 2.75) is 19.4 Å². The molecule has 1 aliphatic rings. The van der Waals surface area contributed by atoms with E-state index in [4.69, 9.17) is 0 Å². The molecular weight excluding hydrogens is 260 g/mol. The Labute approximate surface area is 126 Å². The number of hydrogen-bond acceptors (Lipinski definition) is 2. The zero-order chi connectivity index (χ0) is 15.1. The lowest BCUT2D eigenvalue weighted by Crippen LogP contribution is -2.37. The third kappa shape index (κ3) is 4.35. The molecule has 0 aromatic heterocycles. The van der Waals surface area contributed by atoms with Gasteiger partial charge in [-0.1, -0.05) is 54.1 Å². The molecule has 2 aromatic rings. The summed E-state index contributed by atoms with van der Waals surface area (Å²) in [5, 5.41) is 2.84. The highest BCUT2D eigenvalue weighted by molar-refractivity contribution is 5.87. The Balaban J connectivity index is 0.000000194. The fraction of sp³-hybridized carbons (Fsp3) is 0.278. The van der Waals surface area contributed by atoms with E-state index in [2.05, 4.69) is 24.4 Å². The molecule has 1 fully saturated rings. The Bertz CT molecular complexity index is 554. The maximum Gasteiger partial charge on any atom is 0.242 e. The highest BCUT2D eigenvalue weighted by Gasteiger charge is 2.27. The van der Waals surface area contributed by atoms with E-state index >= 15 is 0 Å². The molecule has 0 bridgehead atoms. The molecule has 2 aromatic carbocycles. The van der Waals surface area contributed by atoms with Crippen molar-refractivity contribution in [3.8, 4) is 0 Å². The summed E-state index contributed by atoms with van der Waals surface area (Å²) in [5.41, 5.74) is 2.41. The van der Waals surface area contributed by atoms with Crippen LogP contribution in [-0.4, -0.2) is 25.5 Å². The van der Waals surface area contributed by atoms with Gasteiger partial charge in [-0.25, -0.2) is 0 Å². The molecule has 1 atom stereocenters. The number of nitrogens with one attached hydrogen (secondary N) is 1. The minimum Gasteiger partial charge on any atom is -0.363 e. The van der Waals surface area contributed by atoms with Crippen LogP contribution in [0.5, 0.6) is 0 Å². The van der Waals surface area contributed by atoms with E-state index in [1.165, 1.54) is 5.56 Å². The SMILES string of the molecule is CN(c1ccccc1)C1CCNC1=O.Cc1ccccc1. The molecule has 1 unspecified atom stereocenters. The first kappa shape index (κ1) is 15.1. The molecule has 0 radical (unpaired) electrons. The zero-order valence-corrected chi connectivity index (χ0v) is 12.6. The second-order valence-corrected chi connectivity index (χ2v) is 5.20. The zero-order valence-electron chi connectivity index (χ0n) is 12.6. The molecule has 1 aliphatic heterocycles. The van der Waals surface area contributed by atoms with Gasteiger partial charge >= 0.3 is 0 Å². The van der Waals surface area contributed by atoms with E-state index in [9.17, 15) is 4.79 Å². The van der Waals surface area contributed by atoms with Crippen molar-refractivity contribution in [1.82, 2.24) is 5.32 Å². The maximum absolute atomic E-state index is 11.4. The van der Waals surface area contributed by atoms with E-state index in [1.54, 1.807) is 0 Å². The molecule has 0 aliphatic carbocycles. The second-order valence-electron chi connectivity index (χ2n) is 5.20. The number of likely N-dealkylation sites (N-methyl/N-ethyl adjacent to an activating group) is 1. The van der Waals surface area contributed by atoms with Crippen molar-refractivity contribution < 1.29 is 4.79 Å². The van der Waals surface area contributed by atoms with Crippen molar-refractivity contribution in [2.75, 3.05) is 18.5 Å². The Hall–Kier alpha value is -2.29. The Morgan fingerprint density at radius 1 is 1.00 bits per heavy atom. The van der Waals surface area contributed by atoms with Gasteiger partial charge < -0.3 is 10.2 Å². The van der Waals surface area contributed by atoms with Gasteiger partial charge in [0.15, 0.2) is 0 Å². The molecule has 1 heterocycles. The highest BCUT2D eigenvalue weighted by atomic mass is 16.2. The predicted molar refractivity (Wildman–Crippen MR) is 87.4 cm³/mol. The molecule has 21 heavy (non-hydrogen) atoms. The maximum atomic E-state index is 11.4. The van der Waals surface area contributed by atoms with E-state index in [1.807, 2.05) is 60.5 Å². The molecule has 3 rings (SSSR count). The summed E-state index contributed by atoms with van der Waals surface area (Å²) in [7, 11) is 1.96. The summed E-state index contributed by atoms with van der Waals surface area (Å²) >= 11 is 0. The first-order chi connectivity index (χ1) is 10.2. The van der Waals surface area contributed by atoms with Crippen molar-refractivity contribution in [2.24, 2.45) is 0 Å². The largest absolute Gasteiger partial charge is 0.363 e. The van der Waals surface area contributed by atoms with Gasteiger partial charge in [0.05, 0.1) is 0 Å². The second kappa shape index (κ2) is 7.48. The number of anilines is 1. The van der Waals surface area contributed by atoms with Crippen LogP contribution in [0.25, 0.3) is 0 Å². The Morgan fingerprint density at radius 2 is 1.57 bits per heavy atom. The number of rotatable bonds is 2. The molecule has 3 nitrogen and oxygen atoms in total. The number of para-hydroxylation sites is 1. The monoisotopic (exact) mass is 282 g/mol. The number of amides is 1. The first-order valence-corrected chi connectivity index (χ1v) is 7.25. The molecule has 1 N–H and O–H groups in total. The normalized spacial score (nSPS) is 16.7. The lowest BCUT2D eigenvalue weighted by atomic mass is 10.2. The van der Waals surface area contributed by atoms with Gasteiger partial charge in [0, 0.05) is 19.3 Å². The van der Waals surface area contributed by atoms with Crippen molar-refractivity contribution in [3.63, 3.8) is 0 Å². The number of carbonyl (C=O) groups is 1. The third-order valence-electron chi connectivity index (χ3n) is 3.59. The molecule has 0 saturated carbocycles. The summed E-state index contributed by atoms with van der Waals surface area (Å²) in [4.78, 5) is 13.5. The fourth-order valence-corrected chi connectivity index (χ4v) is 2.33. The summed E-state index contributed by atoms with van der Waals surface area (Å²) in [6.45, 7) is 2.88. The summed E-state index contributed by atoms with van der Waals surface area (Å²) < 4.78 is 0. The lowest BCUT2D eigenvalue weighted by molar-refractivity contribution is -0.120. The highest BCUT2D eigenvalue weighted by Crippen LogP contribution is 2.17.